The Kier molecular flexibility index (Phi) is 4.32. The number of carbonyl (C=O) groups is 1. The Morgan fingerprint density at radius 3 is 3.20 bits per heavy atom. The number of terminal acetylenes is 1. The normalized spacial score (nSPS) is 9.33. The van der Waals surface area contributed by atoms with Crippen molar-refractivity contribution in [1.82, 2.24) is 10.3 Å². The van der Waals surface area contributed by atoms with Crippen LogP contribution in [0.15, 0.2) is 18.3 Å². The topological polar surface area (TPSA) is 51.2 Å². The summed E-state index contributed by atoms with van der Waals surface area (Å²) in [4.78, 5) is 15.6. The lowest BCUT2D eigenvalue weighted by Crippen LogP contribution is -2.24. The Labute approximate surface area is 88.7 Å². The molecule has 0 unspecified atom stereocenters. The van der Waals surface area contributed by atoms with Crippen LogP contribution in [-0.2, 0) is 0 Å². The van der Waals surface area contributed by atoms with Crippen molar-refractivity contribution in [3.05, 3.63) is 24.0 Å². The summed E-state index contributed by atoms with van der Waals surface area (Å²) in [5.74, 6) is 2.73. The fourth-order valence-corrected chi connectivity index (χ4v) is 1.10. The molecule has 0 aliphatic rings. The smallest absolute Gasteiger partial charge is 0.198 e. The number of Topliss-reactive ketones (excluding diaryl/α,β-unsaturated/α-hetero) is 1. The molecule has 4 heteroatoms. The fraction of sp³-hybridized carbons (Fsp3) is 0.273. The van der Waals surface area contributed by atoms with Crippen LogP contribution in [0.1, 0.15) is 10.5 Å². The van der Waals surface area contributed by atoms with Gasteiger partial charge < -0.3 is 4.74 Å². The molecule has 0 atom stereocenters. The Balaban J connectivity index is 2.69. The summed E-state index contributed by atoms with van der Waals surface area (Å²) < 4.78 is 5.02. The van der Waals surface area contributed by atoms with Crippen molar-refractivity contribution < 1.29 is 9.53 Å². The van der Waals surface area contributed by atoms with E-state index in [4.69, 9.17) is 11.2 Å². The number of rotatable bonds is 5. The summed E-state index contributed by atoms with van der Waals surface area (Å²) in [7, 11) is 1.50. The number of ether oxygens (including phenoxy) is 1. The van der Waals surface area contributed by atoms with Crippen LogP contribution in [0.5, 0.6) is 5.75 Å². The molecular formula is C11H12N2O2. The average molecular weight is 204 g/mol. The molecule has 1 aromatic heterocycles. The molecule has 0 radical (unpaired) electrons. The van der Waals surface area contributed by atoms with Gasteiger partial charge in [0.15, 0.2) is 5.78 Å². The molecule has 0 amide bonds. The molecular weight excluding hydrogens is 192 g/mol. The number of ketones is 1. The third-order valence-electron chi connectivity index (χ3n) is 1.77. The maximum Gasteiger partial charge on any atom is 0.198 e. The zero-order valence-corrected chi connectivity index (χ0v) is 8.49. The maximum atomic E-state index is 11.6. The minimum absolute atomic E-state index is 0.136. The van der Waals surface area contributed by atoms with Crippen LogP contribution in [0.2, 0.25) is 0 Å². The van der Waals surface area contributed by atoms with Gasteiger partial charge in [0.2, 0.25) is 0 Å². The molecule has 0 aliphatic heterocycles. The van der Waals surface area contributed by atoms with Crippen molar-refractivity contribution in [2.75, 3.05) is 20.2 Å². The molecule has 1 heterocycles. The van der Waals surface area contributed by atoms with Gasteiger partial charge in [-0.3, -0.25) is 10.1 Å². The van der Waals surface area contributed by atoms with Gasteiger partial charge in [-0.1, -0.05) is 5.92 Å². The van der Waals surface area contributed by atoms with Gasteiger partial charge in [0.1, 0.15) is 11.4 Å². The van der Waals surface area contributed by atoms with E-state index in [9.17, 15) is 4.79 Å². The van der Waals surface area contributed by atoms with E-state index in [1.807, 2.05) is 0 Å². The molecule has 0 spiro atoms. The highest BCUT2D eigenvalue weighted by Gasteiger charge is 2.11. The van der Waals surface area contributed by atoms with Crippen LogP contribution in [0.25, 0.3) is 0 Å². The minimum Gasteiger partial charge on any atom is -0.494 e. The molecule has 0 aromatic carbocycles. The highest BCUT2D eigenvalue weighted by atomic mass is 16.5. The monoisotopic (exact) mass is 204 g/mol. The van der Waals surface area contributed by atoms with Crippen molar-refractivity contribution in [3.63, 3.8) is 0 Å². The van der Waals surface area contributed by atoms with Gasteiger partial charge in [0.05, 0.1) is 20.2 Å². The lowest BCUT2D eigenvalue weighted by molar-refractivity contribution is 0.0984. The predicted octanol–water partition coefficient (Wildman–Crippen LogP) is 0.496. The molecule has 1 N–H and O–H groups in total. The first-order valence-corrected chi connectivity index (χ1v) is 4.46. The number of hydrogen-bond acceptors (Lipinski definition) is 4. The Morgan fingerprint density at radius 2 is 2.53 bits per heavy atom. The number of nitrogens with zero attached hydrogens (tertiary/aromatic N) is 1. The molecule has 0 fully saturated rings. The first-order chi connectivity index (χ1) is 7.29. The van der Waals surface area contributed by atoms with E-state index in [1.165, 1.54) is 7.11 Å². The number of carbonyl (C=O) groups excluding carboxylic acids is 1. The van der Waals surface area contributed by atoms with E-state index in [2.05, 4.69) is 16.2 Å². The molecule has 0 aliphatic carbocycles. The van der Waals surface area contributed by atoms with Crippen LogP contribution in [0.4, 0.5) is 0 Å². The highest BCUT2D eigenvalue weighted by Crippen LogP contribution is 2.14. The fourth-order valence-electron chi connectivity index (χ4n) is 1.10. The molecule has 78 valence electrons. The first-order valence-electron chi connectivity index (χ1n) is 4.46. The predicted molar refractivity (Wildman–Crippen MR) is 56.8 cm³/mol. The van der Waals surface area contributed by atoms with Crippen LogP contribution >= 0.6 is 0 Å². The van der Waals surface area contributed by atoms with E-state index < -0.39 is 0 Å². The van der Waals surface area contributed by atoms with Crippen molar-refractivity contribution in [3.8, 4) is 18.1 Å². The van der Waals surface area contributed by atoms with Crippen LogP contribution in [-0.4, -0.2) is 31.0 Å². The SMILES string of the molecule is C#CCNCC(=O)c1ncccc1OC. The molecule has 15 heavy (non-hydrogen) atoms. The second kappa shape index (κ2) is 5.78. The van der Waals surface area contributed by atoms with Gasteiger partial charge in [0, 0.05) is 6.20 Å². The summed E-state index contributed by atoms with van der Waals surface area (Å²) in [6, 6.07) is 3.41. The number of nitrogens with one attached hydrogen (secondary N) is 1. The van der Waals surface area contributed by atoms with E-state index >= 15 is 0 Å². The second-order valence-corrected chi connectivity index (χ2v) is 2.79. The number of pyridine rings is 1. The van der Waals surface area contributed by atoms with E-state index in [0.29, 0.717) is 18.0 Å². The summed E-state index contributed by atoms with van der Waals surface area (Å²) in [5, 5.41) is 2.80. The van der Waals surface area contributed by atoms with Crippen LogP contribution in [0.3, 0.4) is 0 Å². The first kappa shape index (κ1) is 11.2. The summed E-state index contributed by atoms with van der Waals surface area (Å²) in [5.41, 5.74) is 0.324. The van der Waals surface area contributed by atoms with Gasteiger partial charge in [-0.15, -0.1) is 6.42 Å². The van der Waals surface area contributed by atoms with Gasteiger partial charge in [0.25, 0.3) is 0 Å². The number of methoxy groups -OCH3 is 1. The quantitative estimate of drug-likeness (QED) is 0.431. The molecule has 0 bridgehead atoms. The van der Waals surface area contributed by atoms with Gasteiger partial charge >= 0.3 is 0 Å². The highest BCUT2D eigenvalue weighted by molar-refractivity contribution is 5.98. The number of hydrogen-bond donors (Lipinski definition) is 1. The second-order valence-electron chi connectivity index (χ2n) is 2.79. The zero-order valence-electron chi connectivity index (χ0n) is 8.49. The minimum atomic E-state index is -0.136. The third kappa shape index (κ3) is 3.08. The van der Waals surface area contributed by atoms with Gasteiger partial charge in [-0.2, -0.15) is 0 Å². The summed E-state index contributed by atoms with van der Waals surface area (Å²) >= 11 is 0. The van der Waals surface area contributed by atoms with Crippen molar-refractivity contribution in [2.24, 2.45) is 0 Å². The zero-order chi connectivity index (χ0) is 11.1. The molecule has 0 saturated heterocycles. The van der Waals surface area contributed by atoms with E-state index in [-0.39, 0.29) is 12.3 Å². The van der Waals surface area contributed by atoms with Crippen molar-refractivity contribution in [1.29, 1.82) is 0 Å². The van der Waals surface area contributed by atoms with Crippen LogP contribution < -0.4 is 10.1 Å². The molecule has 1 aromatic rings. The largest absolute Gasteiger partial charge is 0.494 e. The third-order valence-corrected chi connectivity index (χ3v) is 1.77. The number of aromatic nitrogens is 1. The molecule has 4 nitrogen and oxygen atoms in total. The van der Waals surface area contributed by atoms with Crippen molar-refractivity contribution >= 4 is 5.78 Å². The van der Waals surface area contributed by atoms with Gasteiger partial charge in [-0.25, -0.2) is 4.98 Å². The summed E-state index contributed by atoms with van der Waals surface area (Å²) in [6.07, 6.45) is 6.60. The van der Waals surface area contributed by atoms with E-state index in [0.717, 1.165) is 0 Å². The average Bonchev–Trinajstić information content (AvgIpc) is 2.29. The van der Waals surface area contributed by atoms with Crippen LogP contribution in [0, 0.1) is 12.3 Å². The maximum absolute atomic E-state index is 11.6. The summed E-state index contributed by atoms with van der Waals surface area (Å²) in [6.45, 7) is 0.526. The Hall–Kier alpha value is -1.86. The molecule has 0 saturated carbocycles. The standard InChI is InChI=1S/C11H12N2O2/c1-3-6-12-8-9(14)11-10(15-2)5-4-7-13-11/h1,4-5,7,12H,6,8H2,2H3. The lowest BCUT2D eigenvalue weighted by Gasteiger charge is -2.05. The molecule has 1 rings (SSSR count). The van der Waals surface area contributed by atoms with Crippen molar-refractivity contribution in [2.45, 2.75) is 0 Å². The lowest BCUT2D eigenvalue weighted by atomic mass is 10.2. The van der Waals surface area contributed by atoms with Gasteiger partial charge in [-0.05, 0) is 12.1 Å². The van der Waals surface area contributed by atoms with E-state index in [1.54, 1.807) is 18.3 Å². The Bertz CT molecular complexity index is 382. The Morgan fingerprint density at radius 1 is 1.73 bits per heavy atom.